The van der Waals surface area contributed by atoms with Gasteiger partial charge < -0.3 is 10.3 Å². The number of aromatic nitrogens is 2. The molecule has 1 unspecified atom stereocenters. The Bertz CT molecular complexity index is 606. The largest absolute Gasteiger partial charge is 0.330 e. The molecule has 0 saturated heterocycles. The lowest BCUT2D eigenvalue weighted by molar-refractivity contribution is 0.232. The van der Waals surface area contributed by atoms with Gasteiger partial charge in [0.1, 0.15) is 5.82 Å². The van der Waals surface area contributed by atoms with Crippen molar-refractivity contribution in [3.63, 3.8) is 0 Å². The summed E-state index contributed by atoms with van der Waals surface area (Å²) < 4.78 is 15.5. The molecule has 1 heterocycles. The molecule has 21 heavy (non-hydrogen) atoms. The van der Waals surface area contributed by atoms with Crippen LogP contribution in [-0.2, 0) is 6.54 Å². The van der Waals surface area contributed by atoms with Gasteiger partial charge in [0.05, 0.1) is 18.1 Å². The molecule has 0 aliphatic heterocycles. The fraction of sp³-hybridized carbons (Fsp3) is 0.438. The van der Waals surface area contributed by atoms with Crippen LogP contribution in [0, 0.1) is 5.82 Å². The number of halogens is 1. The number of hydrogen-bond acceptors (Lipinski definition) is 3. The maximum absolute atomic E-state index is 13.3. The van der Waals surface area contributed by atoms with Crippen molar-refractivity contribution in [2.45, 2.75) is 31.5 Å². The third kappa shape index (κ3) is 3.14. The maximum atomic E-state index is 13.3. The topological polar surface area (TPSA) is 47.1 Å². The van der Waals surface area contributed by atoms with Crippen molar-refractivity contribution >= 4 is 0 Å². The van der Waals surface area contributed by atoms with Crippen LogP contribution in [0.4, 0.5) is 4.39 Å². The first kappa shape index (κ1) is 14.2. The van der Waals surface area contributed by atoms with Crippen molar-refractivity contribution in [1.82, 2.24) is 14.5 Å². The van der Waals surface area contributed by atoms with Crippen molar-refractivity contribution in [3.05, 3.63) is 53.9 Å². The van der Waals surface area contributed by atoms with Crippen LogP contribution in [0.2, 0.25) is 0 Å². The third-order valence-corrected chi connectivity index (χ3v) is 4.05. The van der Waals surface area contributed by atoms with Crippen molar-refractivity contribution in [2.24, 2.45) is 5.73 Å². The van der Waals surface area contributed by atoms with E-state index in [-0.39, 0.29) is 11.9 Å². The molecule has 1 saturated carbocycles. The number of hydrogen-bond donors (Lipinski definition) is 1. The second kappa shape index (κ2) is 5.95. The molecule has 5 heteroatoms. The molecule has 3 rings (SSSR count). The Morgan fingerprint density at radius 1 is 1.48 bits per heavy atom. The first-order valence-corrected chi connectivity index (χ1v) is 7.35. The Labute approximate surface area is 124 Å². The average molecular weight is 288 g/mol. The molecule has 112 valence electrons. The Morgan fingerprint density at radius 2 is 2.29 bits per heavy atom. The number of nitrogens with zero attached hydrogens (tertiary/aromatic N) is 3. The summed E-state index contributed by atoms with van der Waals surface area (Å²) in [5.74, 6) is -0.201. The monoisotopic (exact) mass is 288 g/mol. The number of nitrogens with two attached hydrogens (primary N) is 1. The van der Waals surface area contributed by atoms with E-state index >= 15 is 0 Å². The standard InChI is InChI=1S/C16H21FN4/c1-20(10-12-3-2-4-13(17)7-12)15(8-18)16-9-19-11-21(16)14-5-6-14/h2-4,7,9,11,14-15H,5-6,8,10,18H2,1H3. The van der Waals surface area contributed by atoms with Gasteiger partial charge in [-0.3, -0.25) is 4.90 Å². The minimum atomic E-state index is -0.201. The van der Waals surface area contributed by atoms with Crippen LogP contribution in [0.15, 0.2) is 36.8 Å². The van der Waals surface area contributed by atoms with Gasteiger partial charge in [0, 0.05) is 25.3 Å². The van der Waals surface area contributed by atoms with Crippen LogP contribution in [0.1, 0.15) is 36.2 Å². The first-order chi connectivity index (χ1) is 10.2. The minimum Gasteiger partial charge on any atom is -0.330 e. The molecular weight excluding hydrogens is 267 g/mol. The molecule has 1 aliphatic carbocycles. The minimum absolute atomic E-state index is 0.0939. The fourth-order valence-electron chi connectivity index (χ4n) is 2.79. The summed E-state index contributed by atoms with van der Waals surface area (Å²) in [6, 6.07) is 7.39. The van der Waals surface area contributed by atoms with Gasteiger partial charge >= 0.3 is 0 Å². The predicted octanol–water partition coefficient (Wildman–Crippen LogP) is 2.49. The smallest absolute Gasteiger partial charge is 0.123 e. The van der Waals surface area contributed by atoms with Gasteiger partial charge in [-0.2, -0.15) is 0 Å². The lowest BCUT2D eigenvalue weighted by atomic mass is 10.1. The highest BCUT2D eigenvalue weighted by Gasteiger charge is 2.28. The van der Waals surface area contributed by atoms with Crippen LogP contribution in [0.25, 0.3) is 0 Å². The second-order valence-corrected chi connectivity index (χ2v) is 5.75. The van der Waals surface area contributed by atoms with Crippen molar-refractivity contribution in [2.75, 3.05) is 13.6 Å². The predicted molar refractivity (Wildman–Crippen MR) is 80.2 cm³/mol. The molecule has 1 aromatic carbocycles. The molecule has 0 radical (unpaired) electrons. The van der Waals surface area contributed by atoms with Crippen molar-refractivity contribution in [3.8, 4) is 0 Å². The van der Waals surface area contributed by atoms with Crippen LogP contribution in [0.5, 0.6) is 0 Å². The zero-order chi connectivity index (χ0) is 14.8. The molecule has 0 amide bonds. The number of likely N-dealkylation sites (N-methyl/N-ethyl adjacent to an activating group) is 1. The van der Waals surface area contributed by atoms with E-state index < -0.39 is 0 Å². The maximum Gasteiger partial charge on any atom is 0.123 e. The molecule has 1 fully saturated rings. The Balaban J connectivity index is 1.77. The van der Waals surface area contributed by atoms with Crippen LogP contribution in [-0.4, -0.2) is 28.0 Å². The van der Waals surface area contributed by atoms with Crippen molar-refractivity contribution < 1.29 is 4.39 Å². The third-order valence-electron chi connectivity index (χ3n) is 4.05. The van der Waals surface area contributed by atoms with Gasteiger partial charge in [-0.05, 0) is 37.6 Å². The highest BCUT2D eigenvalue weighted by atomic mass is 19.1. The second-order valence-electron chi connectivity index (χ2n) is 5.75. The summed E-state index contributed by atoms with van der Waals surface area (Å²) in [7, 11) is 2.02. The molecule has 1 aliphatic rings. The lowest BCUT2D eigenvalue weighted by Crippen LogP contribution is -2.31. The normalized spacial score (nSPS) is 16.4. The quantitative estimate of drug-likeness (QED) is 0.888. The lowest BCUT2D eigenvalue weighted by Gasteiger charge is -2.28. The van der Waals surface area contributed by atoms with E-state index in [4.69, 9.17) is 5.73 Å². The summed E-state index contributed by atoms with van der Waals surface area (Å²) in [5.41, 5.74) is 8.09. The molecule has 0 bridgehead atoms. The van der Waals surface area contributed by atoms with Gasteiger partial charge in [0.2, 0.25) is 0 Å². The van der Waals surface area contributed by atoms with E-state index in [1.165, 1.54) is 18.9 Å². The van der Waals surface area contributed by atoms with Crippen molar-refractivity contribution in [1.29, 1.82) is 0 Å². The van der Waals surface area contributed by atoms with Gasteiger partial charge in [-0.25, -0.2) is 9.37 Å². The molecule has 4 nitrogen and oxygen atoms in total. The van der Waals surface area contributed by atoms with E-state index in [0.717, 1.165) is 11.3 Å². The molecular formula is C16H21FN4. The van der Waals surface area contributed by atoms with Crippen LogP contribution >= 0.6 is 0 Å². The SMILES string of the molecule is CN(Cc1cccc(F)c1)C(CN)c1cncn1C1CC1. The van der Waals surface area contributed by atoms with Gasteiger partial charge in [0.25, 0.3) is 0 Å². The highest BCUT2D eigenvalue weighted by Crippen LogP contribution is 2.37. The number of imidazole rings is 1. The average Bonchev–Trinajstić information content (AvgIpc) is 3.19. The summed E-state index contributed by atoms with van der Waals surface area (Å²) in [5, 5.41) is 0. The Morgan fingerprint density at radius 3 is 2.95 bits per heavy atom. The molecule has 1 atom stereocenters. The van der Waals surface area contributed by atoms with Gasteiger partial charge in [-0.15, -0.1) is 0 Å². The zero-order valence-electron chi connectivity index (χ0n) is 12.2. The first-order valence-electron chi connectivity index (χ1n) is 7.35. The molecule has 2 N–H and O–H groups in total. The summed E-state index contributed by atoms with van der Waals surface area (Å²) in [4.78, 5) is 6.43. The molecule has 1 aromatic heterocycles. The molecule has 0 spiro atoms. The zero-order valence-corrected chi connectivity index (χ0v) is 12.2. The summed E-state index contributed by atoms with van der Waals surface area (Å²) in [6.45, 7) is 1.18. The molecule has 2 aromatic rings. The Kier molecular flexibility index (Phi) is 4.03. The van der Waals surface area contributed by atoms with E-state index in [2.05, 4.69) is 14.5 Å². The number of benzene rings is 1. The van der Waals surface area contributed by atoms with E-state index in [1.54, 1.807) is 12.1 Å². The van der Waals surface area contributed by atoms with Gasteiger partial charge in [-0.1, -0.05) is 12.1 Å². The van der Waals surface area contributed by atoms with Crippen LogP contribution in [0.3, 0.4) is 0 Å². The number of rotatable bonds is 6. The van der Waals surface area contributed by atoms with Gasteiger partial charge in [0.15, 0.2) is 0 Å². The van der Waals surface area contributed by atoms with E-state index in [0.29, 0.717) is 19.1 Å². The van der Waals surface area contributed by atoms with Crippen LogP contribution < -0.4 is 5.73 Å². The Hall–Kier alpha value is -1.72. The van der Waals surface area contributed by atoms with E-state index in [9.17, 15) is 4.39 Å². The summed E-state index contributed by atoms with van der Waals surface area (Å²) >= 11 is 0. The van der Waals surface area contributed by atoms with E-state index in [1.807, 2.05) is 25.6 Å². The fourth-order valence-corrected chi connectivity index (χ4v) is 2.79. The summed E-state index contributed by atoms with van der Waals surface area (Å²) in [6.07, 6.45) is 6.23. The highest BCUT2D eigenvalue weighted by molar-refractivity contribution is 5.17.